The van der Waals surface area contributed by atoms with Gasteiger partial charge in [0.25, 0.3) is 0 Å². The van der Waals surface area contributed by atoms with Crippen LogP contribution in [0.1, 0.15) is 37.7 Å². The third-order valence-electron chi connectivity index (χ3n) is 4.83. The highest BCUT2D eigenvalue weighted by molar-refractivity contribution is 5.88. The van der Waals surface area contributed by atoms with Crippen molar-refractivity contribution >= 4 is 11.7 Å². The minimum Gasteiger partial charge on any atom is -0.352 e. The molecule has 0 aliphatic heterocycles. The molecule has 1 aromatic carbocycles. The second-order valence-electron chi connectivity index (χ2n) is 6.20. The van der Waals surface area contributed by atoms with Crippen molar-refractivity contribution in [1.29, 1.82) is 0 Å². The van der Waals surface area contributed by atoms with E-state index in [0.717, 1.165) is 19.3 Å². The van der Waals surface area contributed by atoms with Crippen LogP contribution in [0.4, 0.5) is 4.39 Å². The summed E-state index contributed by atoms with van der Waals surface area (Å²) in [5, 5.41) is 2.82. The standard InChI is InChI=1S/C17H20FNO2/c18-15-7-2-1-4-13(15)10-19-17(21)14-8-11-5-3-6-12(9-14)16(11)20/h1-2,4,7,11-12,14H,3,5-6,8-10H2,(H,19,21)/t11-,12+,14?. The second-order valence-corrected chi connectivity index (χ2v) is 6.20. The molecule has 0 heterocycles. The van der Waals surface area contributed by atoms with Gasteiger partial charge in [-0.25, -0.2) is 4.39 Å². The Bertz CT molecular complexity index is 541. The smallest absolute Gasteiger partial charge is 0.223 e. The minimum atomic E-state index is -0.298. The lowest BCUT2D eigenvalue weighted by Crippen LogP contribution is -2.42. The predicted molar refractivity (Wildman–Crippen MR) is 76.8 cm³/mol. The van der Waals surface area contributed by atoms with Crippen LogP contribution in [0.25, 0.3) is 0 Å². The zero-order valence-electron chi connectivity index (χ0n) is 12.0. The molecule has 4 heteroatoms. The SMILES string of the molecule is O=C(NCc1ccccc1F)C1C[C@H]2CCC[C@@H](C1)C2=O. The lowest BCUT2D eigenvalue weighted by molar-refractivity contribution is -0.137. The fourth-order valence-electron chi connectivity index (χ4n) is 3.66. The van der Waals surface area contributed by atoms with Gasteiger partial charge in [-0.15, -0.1) is 0 Å². The van der Waals surface area contributed by atoms with E-state index < -0.39 is 0 Å². The molecule has 1 amide bonds. The van der Waals surface area contributed by atoms with Crippen LogP contribution in [0, 0.1) is 23.6 Å². The highest BCUT2D eigenvalue weighted by atomic mass is 19.1. The first-order chi connectivity index (χ1) is 10.1. The number of carbonyl (C=O) groups is 2. The van der Waals surface area contributed by atoms with Crippen LogP contribution in [-0.4, -0.2) is 11.7 Å². The molecule has 3 atom stereocenters. The largest absolute Gasteiger partial charge is 0.352 e. The summed E-state index contributed by atoms with van der Waals surface area (Å²) in [4.78, 5) is 24.3. The summed E-state index contributed by atoms with van der Waals surface area (Å²) in [5.74, 6) is 0.0729. The van der Waals surface area contributed by atoms with Gasteiger partial charge in [-0.05, 0) is 31.7 Å². The molecule has 0 saturated heterocycles. The third-order valence-corrected chi connectivity index (χ3v) is 4.83. The van der Waals surface area contributed by atoms with Gasteiger partial charge in [0.15, 0.2) is 0 Å². The van der Waals surface area contributed by atoms with Crippen LogP contribution >= 0.6 is 0 Å². The molecule has 0 aromatic heterocycles. The number of fused-ring (bicyclic) bond motifs is 2. The number of rotatable bonds is 3. The van der Waals surface area contributed by atoms with Crippen molar-refractivity contribution < 1.29 is 14.0 Å². The van der Waals surface area contributed by atoms with Crippen molar-refractivity contribution in [3.8, 4) is 0 Å². The zero-order chi connectivity index (χ0) is 14.8. The van der Waals surface area contributed by atoms with Gasteiger partial charge in [0.05, 0.1) is 0 Å². The van der Waals surface area contributed by atoms with E-state index in [1.165, 1.54) is 6.07 Å². The van der Waals surface area contributed by atoms with Crippen LogP contribution < -0.4 is 5.32 Å². The van der Waals surface area contributed by atoms with Crippen molar-refractivity contribution in [2.24, 2.45) is 17.8 Å². The Kier molecular flexibility index (Phi) is 4.04. The topological polar surface area (TPSA) is 46.2 Å². The van der Waals surface area contributed by atoms with Crippen LogP contribution in [-0.2, 0) is 16.1 Å². The summed E-state index contributed by atoms with van der Waals surface area (Å²) in [5.41, 5.74) is 0.498. The number of carbonyl (C=O) groups excluding carboxylic acids is 2. The van der Waals surface area contributed by atoms with Crippen molar-refractivity contribution in [2.75, 3.05) is 0 Å². The first kappa shape index (κ1) is 14.2. The number of halogens is 1. The summed E-state index contributed by atoms with van der Waals surface area (Å²) >= 11 is 0. The summed E-state index contributed by atoms with van der Waals surface area (Å²) < 4.78 is 13.5. The van der Waals surface area contributed by atoms with E-state index in [0.29, 0.717) is 24.2 Å². The van der Waals surface area contributed by atoms with Gasteiger partial charge in [0, 0.05) is 29.9 Å². The maximum absolute atomic E-state index is 13.5. The number of hydrogen-bond donors (Lipinski definition) is 1. The normalized spacial score (nSPS) is 28.2. The molecule has 0 spiro atoms. The molecular formula is C17H20FNO2. The Morgan fingerprint density at radius 2 is 1.86 bits per heavy atom. The molecule has 2 saturated carbocycles. The van der Waals surface area contributed by atoms with Gasteiger partial charge in [-0.2, -0.15) is 0 Å². The Hall–Kier alpha value is -1.71. The van der Waals surface area contributed by atoms with Crippen molar-refractivity contribution in [3.63, 3.8) is 0 Å². The lowest BCUT2D eigenvalue weighted by Gasteiger charge is -2.36. The monoisotopic (exact) mass is 289 g/mol. The number of nitrogens with one attached hydrogen (secondary N) is 1. The van der Waals surface area contributed by atoms with Crippen LogP contribution in [0.3, 0.4) is 0 Å². The van der Waals surface area contributed by atoms with Crippen LogP contribution in [0.2, 0.25) is 0 Å². The average molecular weight is 289 g/mol. The van der Waals surface area contributed by atoms with Gasteiger partial charge in [0.2, 0.25) is 5.91 Å². The molecule has 2 aliphatic carbocycles. The summed E-state index contributed by atoms with van der Waals surface area (Å²) in [7, 11) is 0. The van der Waals surface area contributed by atoms with Crippen molar-refractivity contribution in [1.82, 2.24) is 5.32 Å². The van der Waals surface area contributed by atoms with E-state index >= 15 is 0 Å². The van der Waals surface area contributed by atoms with E-state index in [2.05, 4.69) is 5.32 Å². The fourth-order valence-corrected chi connectivity index (χ4v) is 3.66. The van der Waals surface area contributed by atoms with E-state index in [1.807, 2.05) is 0 Å². The molecule has 21 heavy (non-hydrogen) atoms. The molecule has 112 valence electrons. The third kappa shape index (κ3) is 2.99. The number of ketones is 1. The highest BCUT2D eigenvalue weighted by Crippen LogP contribution is 2.40. The lowest BCUT2D eigenvalue weighted by atomic mass is 9.67. The maximum Gasteiger partial charge on any atom is 0.223 e. The predicted octanol–water partition coefficient (Wildman–Crippen LogP) is 2.84. The summed E-state index contributed by atoms with van der Waals surface area (Å²) in [6.45, 7) is 0.214. The Labute approximate surface area is 123 Å². The van der Waals surface area contributed by atoms with E-state index in [4.69, 9.17) is 0 Å². The number of amides is 1. The molecule has 2 bridgehead atoms. The van der Waals surface area contributed by atoms with E-state index in [1.54, 1.807) is 18.2 Å². The Morgan fingerprint density at radius 1 is 1.19 bits per heavy atom. The fraction of sp³-hybridized carbons (Fsp3) is 0.529. The van der Waals surface area contributed by atoms with Gasteiger partial charge in [-0.1, -0.05) is 24.6 Å². The van der Waals surface area contributed by atoms with Crippen molar-refractivity contribution in [3.05, 3.63) is 35.6 Å². The Balaban J connectivity index is 1.59. The molecule has 0 radical (unpaired) electrons. The summed E-state index contributed by atoms with van der Waals surface area (Å²) in [6.07, 6.45) is 4.28. The quantitative estimate of drug-likeness (QED) is 0.930. The summed E-state index contributed by atoms with van der Waals surface area (Å²) in [6, 6.07) is 6.46. The molecule has 2 fully saturated rings. The van der Waals surface area contributed by atoms with Gasteiger partial charge in [-0.3, -0.25) is 9.59 Å². The number of Topliss-reactive ketones (excluding diaryl/α,β-unsaturated/α-hetero) is 1. The molecule has 3 nitrogen and oxygen atoms in total. The average Bonchev–Trinajstić information content (AvgIpc) is 2.46. The van der Waals surface area contributed by atoms with Gasteiger partial charge < -0.3 is 5.32 Å². The first-order valence-electron chi connectivity index (χ1n) is 7.70. The van der Waals surface area contributed by atoms with Crippen LogP contribution in [0.5, 0.6) is 0 Å². The first-order valence-corrected chi connectivity index (χ1v) is 7.70. The second kappa shape index (κ2) is 5.96. The highest BCUT2D eigenvalue weighted by Gasteiger charge is 2.41. The molecule has 1 unspecified atom stereocenters. The molecule has 3 rings (SSSR count). The zero-order valence-corrected chi connectivity index (χ0v) is 12.0. The number of hydrogen-bond acceptors (Lipinski definition) is 2. The maximum atomic E-state index is 13.5. The van der Waals surface area contributed by atoms with E-state index in [9.17, 15) is 14.0 Å². The molecule has 1 aromatic rings. The number of benzene rings is 1. The molecule has 2 aliphatic rings. The van der Waals surface area contributed by atoms with E-state index in [-0.39, 0.29) is 36.0 Å². The van der Waals surface area contributed by atoms with Crippen LogP contribution in [0.15, 0.2) is 24.3 Å². The molecular weight excluding hydrogens is 269 g/mol. The van der Waals surface area contributed by atoms with Gasteiger partial charge in [0.1, 0.15) is 11.6 Å². The minimum absolute atomic E-state index is 0.0392. The molecule has 1 N–H and O–H groups in total. The van der Waals surface area contributed by atoms with Gasteiger partial charge >= 0.3 is 0 Å². The van der Waals surface area contributed by atoms with Crippen molar-refractivity contribution in [2.45, 2.75) is 38.6 Å². The Morgan fingerprint density at radius 3 is 2.52 bits per heavy atom.